The zero-order chi connectivity index (χ0) is 20.9. The third-order valence-corrected chi connectivity index (χ3v) is 6.52. The van der Waals surface area contributed by atoms with Crippen molar-refractivity contribution >= 4 is 23.3 Å². The number of benzene rings is 1. The molecule has 0 aliphatic carbocycles. The van der Waals surface area contributed by atoms with E-state index in [1.165, 1.54) is 11.3 Å². The molecule has 2 aromatic rings. The molecule has 2 heterocycles. The maximum atomic E-state index is 13.2. The highest BCUT2D eigenvalue weighted by molar-refractivity contribution is 7.13. The Bertz CT molecular complexity index is 830. The van der Waals surface area contributed by atoms with E-state index in [9.17, 15) is 9.59 Å². The minimum atomic E-state index is -0.919. The van der Waals surface area contributed by atoms with E-state index in [2.05, 4.69) is 17.3 Å². The Morgan fingerprint density at radius 3 is 2.52 bits per heavy atom. The molecule has 29 heavy (non-hydrogen) atoms. The number of rotatable bonds is 8. The van der Waals surface area contributed by atoms with Crippen molar-refractivity contribution < 1.29 is 19.4 Å². The zero-order valence-corrected chi connectivity index (χ0v) is 17.7. The number of esters is 1. The van der Waals surface area contributed by atoms with Gasteiger partial charge in [-0.25, -0.2) is 4.79 Å². The number of ether oxygens (including phenoxy) is 1. The van der Waals surface area contributed by atoms with Gasteiger partial charge in [-0.3, -0.25) is 4.79 Å². The van der Waals surface area contributed by atoms with E-state index in [1.807, 2.05) is 37.3 Å². The van der Waals surface area contributed by atoms with Gasteiger partial charge in [-0.1, -0.05) is 30.3 Å². The summed E-state index contributed by atoms with van der Waals surface area (Å²) in [6.07, 6.45) is 1.67. The van der Waals surface area contributed by atoms with E-state index in [0.29, 0.717) is 18.0 Å². The molecule has 7 heteroatoms. The van der Waals surface area contributed by atoms with Gasteiger partial charge in [0, 0.05) is 31.1 Å². The van der Waals surface area contributed by atoms with Crippen LogP contribution in [0, 0.1) is 0 Å². The summed E-state index contributed by atoms with van der Waals surface area (Å²) >= 11 is 1.24. The summed E-state index contributed by atoms with van der Waals surface area (Å²) in [6, 6.07) is 13.1. The first kappa shape index (κ1) is 21.5. The van der Waals surface area contributed by atoms with Crippen molar-refractivity contribution in [2.24, 2.45) is 0 Å². The van der Waals surface area contributed by atoms with Crippen LogP contribution in [0.4, 0.5) is 0 Å². The Morgan fingerprint density at radius 1 is 1.21 bits per heavy atom. The van der Waals surface area contributed by atoms with E-state index in [0.717, 1.165) is 36.4 Å². The molecule has 156 valence electrons. The number of piperidine rings is 1. The van der Waals surface area contributed by atoms with Gasteiger partial charge in [0.2, 0.25) is 0 Å². The summed E-state index contributed by atoms with van der Waals surface area (Å²) < 4.78 is 5.92. The third kappa shape index (κ3) is 5.44. The van der Waals surface area contributed by atoms with Crippen molar-refractivity contribution in [1.29, 1.82) is 0 Å². The average Bonchev–Trinajstić information content (AvgIpc) is 3.19. The lowest BCUT2D eigenvalue weighted by molar-refractivity contribution is -0.157. The van der Waals surface area contributed by atoms with Gasteiger partial charge in [-0.15, -0.1) is 11.3 Å². The summed E-state index contributed by atoms with van der Waals surface area (Å²) in [5.41, 5.74) is 0.0835. The molecular formula is C22H28N2O4S. The second-order valence-corrected chi connectivity index (χ2v) is 8.95. The van der Waals surface area contributed by atoms with Crippen molar-refractivity contribution in [2.45, 2.75) is 37.8 Å². The molecule has 3 rings (SSSR count). The molecule has 0 radical (unpaired) electrons. The largest absolute Gasteiger partial charge is 0.477 e. The number of hydrogen-bond donors (Lipinski definition) is 2. The second-order valence-electron chi connectivity index (χ2n) is 7.78. The van der Waals surface area contributed by atoms with Crippen LogP contribution in [0.15, 0.2) is 42.5 Å². The number of carbonyl (C=O) groups excluding carboxylic acids is 1. The molecule has 0 spiro atoms. The third-order valence-electron chi connectivity index (χ3n) is 5.45. The standard InChI is InChI=1S/C22H28N2O4S/c1-22(16-6-4-3-5-7-16,21(27)28-17-10-12-24(2)13-11-17)15-23-14-18-8-9-19(29-18)20(25)26/h3-9,17,23H,10-15H2,1-2H3,(H,25,26). The molecule has 1 atom stereocenters. The van der Waals surface area contributed by atoms with E-state index in [-0.39, 0.29) is 12.1 Å². The predicted molar refractivity (Wildman–Crippen MR) is 113 cm³/mol. The van der Waals surface area contributed by atoms with Crippen LogP contribution in [-0.4, -0.2) is 54.7 Å². The van der Waals surface area contributed by atoms with Crippen molar-refractivity contribution in [3.63, 3.8) is 0 Å². The van der Waals surface area contributed by atoms with E-state index >= 15 is 0 Å². The lowest BCUT2D eigenvalue weighted by Crippen LogP contribution is -2.46. The maximum Gasteiger partial charge on any atom is 0.345 e. The van der Waals surface area contributed by atoms with Crippen LogP contribution in [0.5, 0.6) is 0 Å². The van der Waals surface area contributed by atoms with Gasteiger partial charge in [0.1, 0.15) is 16.4 Å². The number of hydrogen-bond acceptors (Lipinski definition) is 6. The van der Waals surface area contributed by atoms with Gasteiger partial charge in [0.25, 0.3) is 0 Å². The van der Waals surface area contributed by atoms with Gasteiger partial charge in [0.15, 0.2) is 0 Å². The second kappa shape index (κ2) is 9.52. The molecule has 1 unspecified atom stereocenters. The predicted octanol–water partition coefficient (Wildman–Crippen LogP) is 3.13. The van der Waals surface area contributed by atoms with Crippen molar-refractivity contribution in [1.82, 2.24) is 10.2 Å². The summed E-state index contributed by atoms with van der Waals surface area (Å²) in [4.78, 5) is 27.7. The van der Waals surface area contributed by atoms with Crippen molar-refractivity contribution in [3.05, 3.63) is 57.8 Å². The molecule has 0 amide bonds. The molecule has 1 aliphatic rings. The zero-order valence-electron chi connectivity index (χ0n) is 16.9. The fourth-order valence-electron chi connectivity index (χ4n) is 3.51. The first-order valence-corrected chi connectivity index (χ1v) is 10.7. The molecule has 6 nitrogen and oxygen atoms in total. The smallest absolute Gasteiger partial charge is 0.345 e. The number of nitrogens with zero attached hydrogens (tertiary/aromatic N) is 1. The fraction of sp³-hybridized carbons (Fsp3) is 0.455. The van der Waals surface area contributed by atoms with Gasteiger partial charge >= 0.3 is 11.9 Å². The highest BCUT2D eigenvalue weighted by atomic mass is 32.1. The van der Waals surface area contributed by atoms with E-state index in [4.69, 9.17) is 9.84 Å². The van der Waals surface area contributed by atoms with Gasteiger partial charge in [-0.05, 0) is 44.5 Å². The fourth-order valence-corrected chi connectivity index (χ4v) is 4.32. The topological polar surface area (TPSA) is 78.9 Å². The van der Waals surface area contributed by atoms with Crippen LogP contribution in [0.3, 0.4) is 0 Å². The highest BCUT2D eigenvalue weighted by Crippen LogP contribution is 2.27. The number of thiophene rings is 1. The Kier molecular flexibility index (Phi) is 7.05. The maximum absolute atomic E-state index is 13.2. The van der Waals surface area contributed by atoms with Crippen LogP contribution in [0.25, 0.3) is 0 Å². The monoisotopic (exact) mass is 416 g/mol. The minimum Gasteiger partial charge on any atom is -0.477 e. The van der Waals surface area contributed by atoms with Gasteiger partial charge in [0.05, 0.1) is 0 Å². The summed E-state index contributed by atoms with van der Waals surface area (Å²) in [7, 11) is 2.08. The molecule has 1 aromatic heterocycles. The Morgan fingerprint density at radius 2 is 1.90 bits per heavy atom. The van der Waals surface area contributed by atoms with E-state index < -0.39 is 11.4 Å². The van der Waals surface area contributed by atoms with Crippen LogP contribution in [0.2, 0.25) is 0 Å². The van der Waals surface area contributed by atoms with Crippen LogP contribution in [-0.2, 0) is 21.5 Å². The summed E-state index contributed by atoms with van der Waals surface area (Å²) in [5.74, 6) is -1.14. The van der Waals surface area contributed by atoms with Gasteiger partial charge < -0.3 is 20.1 Å². The highest BCUT2D eigenvalue weighted by Gasteiger charge is 2.38. The molecular weight excluding hydrogens is 388 g/mol. The molecule has 1 aromatic carbocycles. The van der Waals surface area contributed by atoms with Gasteiger partial charge in [-0.2, -0.15) is 0 Å². The first-order chi connectivity index (χ1) is 13.9. The van der Waals surface area contributed by atoms with Crippen molar-refractivity contribution in [3.8, 4) is 0 Å². The van der Waals surface area contributed by atoms with E-state index in [1.54, 1.807) is 12.1 Å². The normalized spacial score (nSPS) is 17.6. The number of carboxylic acid groups (broad SMARTS) is 1. The first-order valence-electron chi connectivity index (χ1n) is 9.86. The molecule has 1 aliphatic heterocycles. The SMILES string of the molecule is CN1CCC(OC(=O)C(C)(CNCc2ccc(C(=O)O)s2)c2ccccc2)CC1. The van der Waals surface area contributed by atoms with Crippen LogP contribution < -0.4 is 5.32 Å². The molecule has 0 bridgehead atoms. The molecule has 0 saturated carbocycles. The Hall–Kier alpha value is -2.22. The summed E-state index contributed by atoms with van der Waals surface area (Å²) in [5, 5.41) is 12.4. The minimum absolute atomic E-state index is 0.0443. The molecule has 2 N–H and O–H groups in total. The number of carbonyl (C=O) groups is 2. The number of carboxylic acids is 1. The lowest BCUT2D eigenvalue weighted by Gasteiger charge is -2.33. The van der Waals surface area contributed by atoms with Crippen molar-refractivity contribution in [2.75, 3.05) is 26.7 Å². The van der Waals surface area contributed by atoms with Crippen LogP contribution in [0.1, 0.15) is 39.9 Å². The summed E-state index contributed by atoms with van der Waals surface area (Å²) in [6.45, 7) is 4.68. The number of nitrogens with one attached hydrogen (secondary N) is 1. The Labute approximate surface area is 175 Å². The molecule has 1 fully saturated rings. The quantitative estimate of drug-likeness (QED) is 0.644. The number of likely N-dealkylation sites (tertiary alicyclic amines) is 1. The average molecular weight is 417 g/mol. The Balaban J connectivity index is 1.68. The van der Waals surface area contributed by atoms with Crippen LogP contribution >= 0.6 is 11.3 Å². The number of aromatic carboxylic acids is 1. The molecule has 1 saturated heterocycles. The lowest BCUT2D eigenvalue weighted by atomic mass is 9.82.